The van der Waals surface area contributed by atoms with E-state index in [0.29, 0.717) is 11.6 Å². The summed E-state index contributed by atoms with van der Waals surface area (Å²) in [6.45, 7) is 0. The normalized spacial score (nSPS) is 17.1. The Morgan fingerprint density at radius 3 is 3.05 bits per heavy atom. The van der Waals surface area contributed by atoms with Crippen molar-refractivity contribution in [2.24, 2.45) is 0 Å². The van der Waals surface area contributed by atoms with Crippen LogP contribution >= 0.6 is 27.3 Å². The number of carbonyl (C=O) groups is 1. The van der Waals surface area contributed by atoms with Gasteiger partial charge in [-0.15, -0.1) is 11.3 Å². The van der Waals surface area contributed by atoms with Crippen molar-refractivity contribution in [1.29, 1.82) is 0 Å². The quantitative estimate of drug-likeness (QED) is 0.849. The van der Waals surface area contributed by atoms with E-state index in [-0.39, 0.29) is 5.91 Å². The van der Waals surface area contributed by atoms with E-state index in [2.05, 4.69) is 32.6 Å². The molecule has 2 N–H and O–H groups in total. The van der Waals surface area contributed by atoms with Crippen LogP contribution in [0.15, 0.2) is 34.1 Å². The lowest BCUT2D eigenvalue weighted by Gasteiger charge is -2.24. The molecule has 1 aliphatic rings. The molecule has 3 nitrogen and oxygen atoms in total. The summed E-state index contributed by atoms with van der Waals surface area (Å²) in [5.41, 5.74) is 3.07. The van der Waals surface area contributed by atoms with Crippen LogP contribution in [0.4, 0.5) is 5.69 Å². The first-order valence-electron chi connectivity index (χ1n) is 7.04. The predicted molar refractivity (Wildman–Crippen MR) is 91.2 cm³/mol. The maximum Gasteiger partial charge on any atom is 0.251 e. The number of amides is 1. The molecule has 1 heterocycles. The number of benzene rings is 1. The molecule has 1 amide bonds. The number of rotatable bonds is 3. The molecule has 2 aromatic rings. The highest BCUT2D eigenvalue weighted by Gasteiger charge is 2.22. The van der Waals surface area contributed by atoms with Crippen LogP contribution in [-0.2, 0) is 6.42 Å². The van der Waals surface area contributed by atoms with Crippen LogP contribution < -0.4 is 10.6 Å². The van der Waals surface area contributed by atoms with Crippen molar-refractivity contribution in [3.05, 3.63) is 50.1 Å². The monoisotopic (exact) mass is 364 g/mol. The fraction of sp³-hybridized carbons (Fsp3) is 0.312. The summed E-state index contributed by atoms with van der Waals surface area (Å²) < 4.78 is 1.19. The van der Waals surface area contributed by atoms with E-state index >= 15 is 0 Å². The summed E-state index contributed by atoms with van der Waals surface area (Å²) in [7, 11) is 1.65. The van der Waals surface area contributed by atoms with Crippen molar-refractivity contribution in [3.63, 3.8) is 0 Å². The molecule has 1 atom stereocenters. The Balaban J connectivity index is 1.83. The fourth-order valence-electron chi connectivity index (χ4n) is 2.77. The zero-order valence-corrected chi connectivity index (χ0v) is 14.2. The minimum Gasteiger partial charge on any atom is -0.378 e. The van der Waals surface area contributed by atoms with Gasteiger partial charge in [-0.05, 0) is 65.0 Å². The van der Waals surface area contributed by atoms with Crippen LogP contribution in [0.3, 0.4) is 0 Å². The third-order valence-corrected chi connectivity index (χ3v) is 5.49. The molecule has 0 spiro atoms. The Morgan fingerprint density at radius 1 is 1.38 bits per heavy atom. The highest BCUT2D eigenvalue weighted by Crippen LogP contribution is 2.39. The summed E-state index contributed by atoms with van der Waals surface area (Å²) >= 11 is 5.41. The molecule has 21 heavy (non-hydrogen) atoms. The largest absolute Gasteiger partial charge is 0.378 e. The first kappa shape index (κ1) is 14.6. The average Bonchev–Trinajstić information content (AvgIpc) is 2.88. The average molecular weight is 365 g/mol. The zero-order valence-electron chi connectivity index (χ0n) is 11.8. The first-order valence-corrected chi connectivity index (χ1v) is 8.65. The fourth-order valence-corrected chi connectivity index (χ4v) is 4.59. The number of anilines is 1. The molecule has 1 aliphatic carbocycles. The summed E-state index contributed by atoms with van der Waals surface area (Å²) in [6, 6.07) is 10.2. The SMILES string of the molecule is CNC(=O)c1cccc(NC2CCCc3sc(Br)cc32)c1. The summed E-state index contributed by atoms with van der Waals surface area (Å²) in [6.07, 6.45) is 3.50. The van der Waals surface area contributed by atoms with Gasteiger partial charge in [-0.3, -0.25) is 4.79 Å². The predicted octanol–water partition coefficient (Wildman–Crippen LogP) is 4.36. The highest BCUT2D eigenvalue weighted by molar-refractivity contribution is 9.11. The molecule has 0 bridgehead atoms. The van der Waals surface area contributed by atoms with Gasteiger partial charge in [-0.25, -0.2) is 0 Å². The third kappa shape index (κ3) is 3.14. The summed E-state index contributed by atoms with van der Waals surface area (Å²) in [5.74, 6) is -0.0544. The van der Waals surface area contributed by atoms with Gasteiger partial charge in [0.1, 0.15) is 0 Å². The maximum atomic E-state index is 11.7. The molecule has 1 aromatic carbocycles. The van der Waals surface area contributed by atoms with Crippen LogP contribution in [0.25, 0.3) is 0 Å². The van der Waals surface area contributed by atoms with Crippen LogP contribution in [0.1, 0.15) is 39.7 Å². The van der Waals surface area contributed by atoms with Crippen LogP contribution in [0, 0.1) is 0 Å². The summed E-state index contributed by atoms with van der Waals surface area (Å²) in [4.78, 5) is 13.2. The molecule has 1 unspecified atom stereocenters. The number of hydrogen-bond acceptors (Lipinski definition) is 3. The van der Waals surface area contributed by atoms with E-state index in [0.717, 1.165) is 12.1 Å². The number of aryl methyl sites for hydroxylation is 1. The van der Waals surface area contributed by atoms with E-state index in [1.807, 2.05) is 35.6 Å². The Labute approximate surface area is 136 Å². The molecule has 0 saturated heterocycles. The number of carbonyl (C=O) groups excluding carboxylic acids is 1. The lowest BCUT2D eigenvalue weighted by Crippen LogP contribution is -2.19. The van der Waals surface area contributed by atoms with Gasteiger partial charge in [0, 0.05) is 23.2 Å². The molecule has 0 radical (unpaired) electrons. The molecule has 0 saturated carbocycles. The van der Waals surface area contributed by atoms with Gasteiger partial charge in [0.25, 0.3) is 5.91 Å². The number of thiophene rings is 1. The van der Waals surface area contributed by atoms with Crippen molar-refractivity contribution in [2.45, 2.75) is 25.3 Å². The second kappa shape index (κ2) is 6.20. The number of hydrogen-bond donors (Lipinski definition) is 2. The van der Waals surface area contributed by atoms with Crippen LogP contribution in [0.5, 0.6) is 0 Å². The molecule has 1 aromatic heterocycles. The van der Waals surface area contributed by atoms with Crippen LogP contribution in [0.2, 0.25) is 0 Å². The Kier molecular flexibility index (Phi) is 4.31. The van der Waals surface area contributed by atoms with Crippen molar-refractivity contribution >= 4 is 38.9 Å². The minimum atomic E-state index is -0.0544. The van der Waals surface area contributed by atoms with Crippen molar-refractivity contribution < 1.29 is 4.79 Å². The van der Waals surface area contributed by atoms with Gasteiger partial charge >= 0.3 is 0 Å². The Morgan fingerprint density at radius 2 is 2.24 bits per heavy atom. The Bertz CT molecular complexity index is 668. The molecular weight excluding hydrogens is 348 g/mol. The van der Waals surface area contributed by atoms with E-state index in [9.17, 15) is 4.79 Å². The van der Waals surface area contributed by atoms with Crippen molar-refractivity contribution in [2.75, 3.05) is 12.4 Å². The lowest BCUT2D eigenvalue weighted by atomic mass is 9.94. The van der Waals surface area contributed by atoms with Gasteiger partial charge in [0.2, 0.25) is 0 Å². The minimum absolute atomic E-state index is 0.0544. The number of nitrogens with one attached hydrogen (secondary N) is 2. The topological polar surface area (TPSA) is 41.1 Å². The van der Waals surface area contributed by atoms with E-state index < -0.39 is 0 Å². The maximum absolute atomic E-state index is 11.7. The molecule has 0 fully saturated rings. The van der Waals surface area contributed by atoms with E-state index in [1.165, 1.54) is 27.1 Å². The van der Waals surface area contributed by atoms with E-state index in [4.69, 9.17) is 0 Å². The van der Waals surface area contributed by atoms with Crippen molar-refractivity contribution in [1.82, 2.24) is 5.32 Å². The summed E-state index contributed by atoms with van der Waals surface area (Å²) in [5, 5.41) is 6.24. The van der Waals surface area contributed by atoms with Gasteiger partial charge in [0.15, 0.2) is 0 Å². The number of fused-ring (bicyclic) bond motifs is 1. The van der Waals surface area contributed by atoms with Gasteiger partial charge < -0.3 is 10.6 Å². The van der Waals surface area contributed by atoms with Gasteiger partial charge in [-0.2, -0.15) is 0 Å². The third-order valence-electron chi connectivity index (χ3n) is 3.78. The molecular formula is C16H17BrN2OS. The molecule has 3 rings (SSSR count). The lowest BCUT2D eigenvalue weighted by molar-refractivity contribution is 0.0963. The van der Waals surface area contributed by atoms with Crippen LogP contribution in [-0.4, -0.2) is 13.0 Å². The van der Waals surface area contributed by atoms with Gasteiger partial charge in [0.05, 0.1) is 9.83 Å². The van der Waals surface area contributed by atoms with E-state index in [1.54, 1.807) is 7.05 Å². The second-order valence-electron chi connectivity index (χ2n) is 5.18. The standard InChI is InChI=1S/C16H17BrN2OS/c1-18-16(20)10-4-2-5-11(8-10)19-13-6-3-7-14-12(13)9-15(17)21-14/h2,4-5,8-9,13,19H,3,6-7H2,1H3,(H,18,20). The Hall–Kier alpha value is -1.33. The first-order chi connectivity index (χ1) is 10.2. The molecule has 0 aliphatic heterocycles. The molecule has 110 valence electrons. The number of halogens is 1. The zero-order chi connectivity index (χ0) is 14.8. The van der Waals surface area contributed by atoms with Crippen molar-refractivity contribution in [3.8, 4) is 0 Å². The highest BCUT2D eigenvalue weighted by atomic mass is 79.9. The second-order valence-corrected chi connectivity index (χ2v) is 7.69. The smallest absolute Gasteiger partial charge is 0.251 e. The van der Waals surface area contributed by atoms with Gasteiger partial charge in [-0.1, -0.05) is 6.07 Å². The molecule has 5 heteroatoms.